The van der Waals surface area contributed by atoms with E-state index in [2.05, 4.69) is 20.4 Å². The van der Waals surface area contributed by atoms with Crippen molar-refractivity contribution in [3.8, 4) is 0 Å². The number of amides is 2. The van der Waals surface area contributed by atoms with E-state index in [1.165, 1.54) is 29.2 Å². The molecule has 11 heteroatoms. The van der Waals surface area contributed by atoms with E-state index in [0.29, 0.717) is 24.5 Å². The summed E-state index contributed by atoms with van der Waals surface area (Å²) in [4.78, 5) is 28.6. The smallest absolute Gasteiger partial charge is 0.414 e. The van der Waals surface area contributed by atoms with Gasteiger partial charge in [-0.1, -0.05) is 11.3 Å². The molecule has 1 atom stereocenters. The van der Waals surface area contributed by atoms with Crippen LogP contribution in [0.3, 0.4) is 0 Å². The van der Waals surface area contributed by atoms with Crippen LogP contribution in [-0.2, 0) is 9.53 Å². The normalized spacial score (nSPS) is 19.4. The number of rotatable bonds is 5. The van der Waals surface area contributed by atoms with E-state index in [1.807, 2.05) is 4.90 Å². The Bertz CT molecular complexity index is 888. The molecule has 29 heavy (non-hydrogen) atoms. The molecule has 0 radical (unpaired) electrons. The lowest BCUT2D eigenvalue weighted by Gasteiger charge is -2.36. The summed E-state index contributed by atoms with van der Waals surface area (Å²) in [6.07, 6.45) is -0.999. The molecule has 2 fully saturated rings. The van der Waals surface area contributed by atoms with E-state index in [4.69, 9.17) is 4.74 Å². The number of nitrogens with one attached hydrogen (secondary N) is 1. The second kappa shape index (κ2) is 8.19. The molecule has 0 aliphatic carbocycles. The molecule has 0 bridgehead atoms. The third-order valence-corrected chi connectivity index (χ3v) is 5.69. The van der Waals surface area contributed by atoms with Crippen LogP contribution in [0.4, 0.5) is 25.7 Å². The lowest BCUT2D eigenvalue weighted by molar-refractivity contribution is -0.119. The van der Waals surface area contributed by atoms with Crippen LogP contribution in [0.2, 0.25) is 0 Å². The molecule has 2 saturated heterocycles. The van der Waals surface area contributed by atoms with E-state index in [1.54, 1.807) is 17.6 Å². The average molecular weight is 420 g/mol. The van der Waals surface area contributed by atoms with Crippen LogP contribution in [0.25, 0.3) is 0 Å². The van der Waals surface area contributed by atoms with E-state index in [9.17, 15) is 14.0 Å². The maximum atomic E-state index is 14.8. The Balaban J connectivity index is 1.39. The van der Waals surface area contributed by atoms with Crippen molar-refractivity contribution in [2.45, 2.75) is 13.0 Å². The zero-order valence-corrected chi connectivity index (χ0v) is 16.7. The summed E-state index contributed by atoms with van der Waals surface area (Å²) in [5.74, 6) is -0.578. The Hall–Kier alpha value is -2.95. The minimum Gasteiger partial charge on any atom is -0.442 e. The van der Waals surface area contributed by atoms with Crippen LogP contribution in [0.5, 0.6) is 0 Å². The fourth-order valence-corrected chi connectivity index (χ4v) is 4.07. The van der Waals surface area contributed by atoms with Gasteiger partial charge >= 0.3 is 6.09 Å². The molecule has 1 unspecified atom stereocenters. The number of benzene rings is 1. The first-order chi connectivity index (χ1) is 14.0. The maximum absolute atomic E-state index is 14.8. The van der Waals surface area contributed by atoms with Crippen molar-refractivity contribution in [2.24, 2.45) is 0 Å². The summed E-state index contributed by atoms with van der Waals surface area (Å²) in [5, 5.41) is 11.4. The summed E-state index contributed by atoms with van der Waals surface area (Å²) in [5.41, 5.74) is 2.64. The van der Waals surface area contributed by atoms with Gasteiger partial charge in [-0.05, 0) is 18.2 Å². The molecular weight excluding hydrogens is 399 g/mol. The predicted octanol–water partition coefficient (Wildman–Crippen LogP) is 1.47. The summed E-state index contributed by atoms with van der Waals surface area (Å²) >= 11 is 1.49. The van der Waals surface area contributed by atoms with Crippen molar-refractivity contribution < 1.29 is 18.7 Å². The largest absolute Gasteiger partial charge is 0.442 e. The van der Waals surface area contributed by atoms with Gasteiger partial charge in [0.2, 0.25) is 11.0 Å². The molecule has 9 nitrogen and oxygen atoms in total. The Morgan fingerprint density at radius 3 is 2.72 bits per heavy atom. The Labute approximate surface area is 171 Å². The molecule has 1 aromatic heterocycles. The van der Waals surface area contributed by atoms with Crippen LogP contribution in [0, 0.1) is 5.82 Å². The highest BCUT2D eigenvalue weighted by molar-refractivity contribution is 7.13. The summed E-state index contributed by atoms with van der Waals surface area (Å²) in [6, 6.07) is 4.77. The molecule has 154 valence electrons. The topological polar surface area (TPSA) is 90.9 Å². The van der Waals surface area contributed by atoms with Gasteiger partial charge in [-0.2, -0.15) is 0 Å². The first-order valence-corrected chi connectivity index (χ1v) is 10.2. The highest BCUT2D eigenvalue weighted by Gasteiger charge is 2.33. The van der Waals surface area contributed by atoms with E-state index >= 15 is 0 Å². The van der Waals surface area contributed by atoms with Crippen LogP contribution >= 0.6 is 11.3 Å². The molecule has 4 rings (SSSR count). The number of aromatic nitrogens is 2. The number of piperazine rings is 1. The Morgan fingerprint density at radius 1 is 1.31 bits per heavy atom. The van der Waals surface area contributed by atoms with Crippen LogP contribution in [-0.4, -0.2) is 67.6 Å². The van der Waals surface area contributed by atoms with E-state index in [-0.39, 0.29) is 24.8 Å². The molecule has 2 aromatic rings. The number of cyclic esters (lactones) is 1. The third-order valence-electron chi connectivity index (χ3n) is 4.94. The fraction of sp³-hybridized carbons (Fsp3) is 0.444. The molecule has 2 amide bonds. The number of anilines is 3. The van der Waals surface area contributed by atoms with Crippen molar-refractivity contribution >= 4 is 39.8 Å². The highest BCUT2D eigenvalue weighted by Crippen LogP contribution is 2.29. The standard InChI is InChI=1S/C18H21FN6O3S/c1-12(26)20-9-14-10-25(18(27)28-14)13-2-3-16(15(19)8-13)23-4-6-24(7-5-23)17-22-21-11-29-17/h2-3,8,11,14H,4-7,9-10H2,1H3,(H,20,26). The first kappa shape index (κ1) is 19.4. The van der Waals surface area contributed by atoms with E-state index < -0.39 is 12.2 Å². The van der Waals surface area contributed by atoms with Crippen LogP contribution in [0.15, 0.2) is 23.7 Å². The fourth-order valence-electron chi connectivity index (χ4n) is 3.46. The highest BCUT2D eigenvalue weighted by atomic mass is 32.1. The second-order valence-electron chi connectivity index (χ2n) is 6.88. The minimum atomic E-state index is -0.543. The van der Waals surface area contributed by atoms with Crippen molar-refractivity contribution in [2.75, 3.05) is 54.0 Å². The molecular formula is C18H21FN6O3S. The van der Waals surface area contributed by atoms with Gasteiger partial charge in [0, 0.05) is 33.1 Å². The van der Waals surface area contributed by atoms with Gasteiger partial charge in [0.25, 0.3) is 0 Å². The number of ether oxygens (including phenoxy) is 1. The van der Waals surface area contributed by atoms with Crippen molar-refractivity contribution in [1.29, 1.82) is 0 Å². The van der Waals surface area contributed by atoms with Gasteiger partial charge < -0.3 is 19.9 Å². The number of hydrogen-bond donors (Lipinski definition) is 1. The number of carbonyl (C=O) groups excluding carboxylic acids is 2. The first-order valence-electron chi connectivity index (χ1n) is 9.29. The average Bonchev–Trinajstić information content (AvgIpc) is 3.36. The van der Waals surface area contributed by atoms with Gasteiger partial charge in [-0.15, -0.1) is 10.2 Å². The number of hydrogen-bond acceptors (Lipinski definition) is 8. The van der Waals surface area contributed by atoms with E-state index in [0.717, 1.165) is 18.2 Å². The lowest BCUT2D eigenvalue weighted by atomic mass is 10.2. The molecule has 1 aromatic carbocycles. The molecule has 1 N–H and O–H groups in total. The molecule has 3 heterocycles. The SMILES string of the molecule is CC(=O)NCC1CN(c2ccc(N3CCN(c4nncs4)CC3)c(F)c2)C(=O)O1. The molecule has 2 aliphatic heterocycles. The summed E-state index contributed by atoms with van der Waals surface area (Å²) in [6.45, 7) is 4.70. The van der Waals surface area contributed by atoms with Crippen molar-refractivity contribution in [3.63, 3.8) is 0 Å². The van der Waals surface area contributed by atoms with Gasteiger partial charge in [-0.25, -0.2) is 9.18 Å². The van der Waals surface area contributed by atoms with Crippen molar-refractivity contribution in [3.05, 3.63) is 29.5 Å². The second-order valence-corrected chi connectivity index (χ2v) is 7.70. The number of nitrogens with zero attached hydrogens (tertiary/aromatic N) is 5. The van der Waals surface area contributed by atoms with Gasteiger partial charge in [-0.3, -0.25) is 9.69 Å². The van der Waals surface area contributed by atoms with Gasteiger partial charge in [0.15, 0.2) is 0 Å². The minimum absolute atomic E-state index is 0.193. The monoisotopic (exact) mass is 420 g/mol. The zero-order chi connectivity index (χ0) is 20.4. The van der Waals surface area contributed by atoms with Crippen LogP contribution < -0.4 is 20.0 Å². The molecule has 2 aliphatic rings. The number of halogens is 1. The van der Waals surface area contributed by atoms with Crippen LogP contribution in [0.1, 0.15) is 6.92 Å². The quantitative estimate of drug-likeness (QED) is 0.783. The summed E-state index contributed by atoms with van der Waals surface area (Å²) < 4.78 is 20.1. The maximum Gasteiger partial charge on any atom is 0.414 e. The van der Waals surface area contributed by atoms with Crippen molar-refractivity contribution in [1.82, 2.24) is 15.5 Å². The Morgan fingerprint density at radius 2 is 2.07 bits per heavy atom. The van der Waals surface area contributed by atoms with Gasteiger partial charge in [0.1, 0.15) is 17.4 Å². The zero-order valence-electron chi connectivity index (χ0n) is 15.9. The molecule has 0 saturated carbocycles. The summed E-state index contributed by atoms with van der Waals surface area (Å²) in [7, 11) is 0. The number of carbonyl (C=O) groups is 2. The van der Waals surface area contributed by atoms with Gasteiger partial charge in [0.05, 0.1) is 24.5 Å². The lowest BCUT2D eigenvalue weighted by Crippen LogP contribution is -2.46. The predicted molar refractivity (Wildman–Crippen MR) is 107 cm³/mol. The molecule has 0 spiro atoms. The Kier molecular flexibility index (Phi) is 5.47. The third kappa shape index (κ3) is 4.24.